The molecule has 0 aliphatic heterocycles. The number of aliphatic imine (C=N–C) groups is 2. The molecule has 0 spiro atoms. The molecule has 7 heteroatoms. The summed E-state index contributed by atoms with van der Waals surface area (Å²) in [5, 5.41) is -1.23. The molecule has 0 aromatic rings. The minimum absolute atomic E-state index is 0.399. The molecule has 0 aliphatic rings. The molecule has 0 aliphatic carbocycles. The summed E-state index contributed by atoms with van der Waals surface area (Å²) in [6, 6.07) is 0. The van der Waals surface area contributed by atoms with Crippen molar-refractivity contribution in [2.24, 2.45) is 9.98 Å². The van der Waals surface area contributed by atoms with Crippen LogP contribution < -0.4 is 0 Å². The minimum atomic E-state index is -2.35. The van der Waals surface area contributed by atoms with Gasteiger partial charge in [-0.3, -0.25) is 0 Å². The lowest BCUT2D eigenvalue weighted by molar-refractivity contribution is 0.238. The van der Waals surface area contributed by atoms with Crippen molar-refractivity contribution in [3.05, 3.63) is 0 Å². The van der Waals surface area contributed by atoms with Crippen LogP contribution in [0.2, 0.25) is 0 Å². The van der Waals surface area contributed by atoms with Gasteiger partial charge in [-0.2, -0.15) is 9.98 Å². The maximum Gasteiger partial charge on any atom is 0.374 e. The molecule has 6 nitrogen and oxygen atoms in total. The van der Waals surface area contributed by atoms with Crippen LogP contribution in [-0.4, -0.2) is 40.9 Å². The van der Waals surface area contributed by atoms with Crippen molar-refractivity contribution in [3.63, 3.8) is 0 Å². The van der Waals surface area contributed by atoms with Gasteiger partial charge in [0.25, 0.3) is 0 Å². The first-order valence-electron chi connectivity index (χ1n) is 4.44. The Kier molecular flexibility index (Phi) is 6.69. The lowest BCUT2D eigenvalue weighted by Gasteiger charge is -2.26. The van der Waals surface area contributed by atoms with Gasteiger partial charge in [0.2, 0.25) is 17.4 Å². The predicted molar refractivity (Wildman–Crippen MR) is 55.0 cm³/mol. The van der Waals surface area contributed by atoms with Crippen LogP contribution in [-0.2, 0) is 18.4 Å². The summed E-state index contributed by atoms with van der Waals surface area (Å²) in [5.41, 5.74) is 0. The zero-order chi connectivity index (χ0) is 11.7. The van der Waals surface area contributed by atoms with Crippen molar-refractivity contribution < 1.29 is 18.4 Å². The van der Waals surface area contributed by atoms with Crippen LogP contribution in [0, 0.1) is 0 Å². The van der Waals surface area contributed by atoms with Crippen LogP contribution in [0.5, 0.6) is 0 Å². The molecule has 0 bridgehead atoms. The van der Waals surface area contributed by atoms with E-state index in [9.17, 15) is 9.59 Å². The van der Waals surface area contributed by atoms with E-state index < -0.39 is 14.6 Å². The second kappa shape index (κ2) is 7.22. The fraction of sp³-hybridized carbons (Fsp3) is 0.750. The van der Waals surface area contributed by atoms with Gasteiger partial charge in [0.1, 0.15) is 0 Å². The summed E-state index contributed by atoms with van der Waals surface area (Å²) < 4.78 is 10.2. The van der Waals surface area contributed by atoms with Crippen molar-refractivity contribution in [1.29, 1.82) is 0 Å². The Bertz CT molecular complexity index is 262. The van der Waals surface area contributed by atoms with E-state index >= 15 is 0 Å². The maximum absolute atomic E-state index is 10.3. The van der Waals surface area contributed by atoms with Gasteiger partial charge in [-0.1, -0.05) is 13.3 Å². The quantitative estimate of drug-likeness (QED) is 0.356. The number of rotatable bonds is 7. The molecule has 0 aromatic heterocycles. The lowest BCUT2D eigenvalue weighted by Crippen LogP contribution is -2.46. The van der Waals surface area contributed by atoms with Crippen molar-refractivity contribution >= 4 is 21.4 Å². The summed E-state index contributed by atoms with van der Waals surface area (Å²) in [6.07, 6.45) is 3.89. The Morgan fingerprint density at radius 2 is 1.67 bits per heavy atom. The Balaban J connectivity index is 5.25. The molecule has 0 aromatic carbocycles. The number of nitrogens with zero attached hydrogens (tertiary/aromatic N) is 2. The van der Waals surface area contributed by atoms with Crippen LogP contribution >= 0.6 is 0 Å². The van der Waals surface area contributed by atoms with Gasteiger partial charge in [-0.05, 0) is 6.42 Å². The Labute approximate surface area is 89.9 Å². The molecule has 0 fully saturated rings. The molecule has 15 heavy (non-hydrogen) atoms. The molecule has 0 saturated carbocycles. The molecule has 0 saturated heterocycles. The molecule has 0 rings (SSSR count). The van der Waals surface area contributed by atoms with E-state index in [0.717, 1.165) is 0 Å². The molecule has 0 unspecified atom stereocenters. The van der Waals surface area contributed by atoms with Crippen LogP contribution in [0.1, 0.15) is 19.8 Å². The highest BCUT2D eigenvalue weighted by molar-refractivity contribution is 6.49. The summed E-state index contributed by atoms with van der Waals surface area (Å²) in [5.74, 6) is 0. The number of hydrogen-bond acceptors (Lipinski definition) is 6. The fourth-order valence-electron chi connectivity index (χ4n) is 1.36. The van der Waals surface area contributed by atoms with E-state index in [4.69, 9.17) is 8.85 Å². The van der Waals surface area contributed by atoms with E-state index in [1.807, 2.05) is 6.92 Å². The van der Waals surface area contributed by atoms with Gasteiger partial charge in [-0.15, -0.1) is 0 Å². The zero-order valence-corrected chi connectivity index (χ0v) is 10.2. The Hall–Kier alpha value is -1.10. The van der Waals surface area contributed by atoms with E-state index in [1.54, 1.807) is 0 Å². The summed E-state index contributed by atoms with van der Waals surface area (Å²) in [6.45, 7) is 1.88. The first-order valence-corrected chi connectivity index (χ1v) is 5.96. The topological polar surface area (TPSA) is 77.3 Å². The second-order valence-corrected chi connectivity index (χ2v) is 5.37. The fourth-order valence-corrected chi connectivity index (χ4v) is 3.15. The molecule has 0 amide bonds. The normalized spacial score (nSPS) is 13.9. The number of isocyanates is 2. The third kappa shape index (κ3) is 3.51. The van der Waals surface area contributed by atoms with Gasteiger partial charge < -0.3 is 8.85 Å². The highest BCUT2D eigenvalue weighted by Gasteiger charge is 2.42. The average molecular weight is 230 g/mol. The summed E-state index contributed by atoms with van der Waals surface area (Å²) in [4.78, 5) is 27.8. The maximum atomic E-state index is 10.3. The Morgan fingerprint density at radius 3 is 1.93 bits per heavy atom. The predicted octanol–water partition coefficient (Wildman–Crippen LogP) is 0.207. The molecular formula is C8H14N2O4Si. The molecule has 84 valence electrons. The second-order valence-electron chi connectivity index (χ2n) is 2.84. The minimum Gasteiger partial charge on any atom is -0.397 e. The Morgan fingerprint density at radius 1 is 1.20 bits per heavy atom. The van der Waals surface area contributed by atoms with Crippen LogP contribution in [0.15, 0.2) is 9.98 Å². The molecule has 0 N–H and O–H groups in total. The molecule has 0 atom stereocenters. The third-order valence-corrected chi connectivity index (χ3v) is 4.06. The smallest absolute Gasteiger partial charge is 0.374 e. The van der Waals surface area contributed by atoms with Crippen molar-refractivity contribution in [2.45, 2.75) is 25.1 Å². The van der Waals surface area contributed by atoms with Gasteiger partial charge >= 0.3 is 9.28 Å². The van der Waals surface area contributed by atoms with Crippen LogP contribution in [0.25, 0.3) is 0 Å². The SMILES string of the molecule is CCCC(N=C=O)(N=C=O)[SiH](OC)OC. The third-order valence-electron chi connectivity index (χ3n) is 1.90. The largest absolute Gasteiger partial charge is 0.397 e. The number of hydrogen-bond donors (Lipinski definition) is 0. The average Bonchev–Trinajstić information content (AvgIpc) is 2.20. The van der Waals surface area contributed by atoms with Crippen molar-refractivity contribution in [3.8, 4) is 0 Å². The highest BCUT2D eigenvalue weighted by atomic mass is 28.3. The number of carbonyl (C=O) groups excluding carboxylic acids is 2. The van der Waals surface area contributed by atoms with Crippen molar-refractivity contribution in [2.75, 3.05) is 14.2 Å². The first-order chi connectivity index (χ1) is 7.20. The summed E-state index contributed by atoms with van der Waals surface area (Å²) in [7, 11) is 0.518. The molecule has 0 radical (unpaired) electrons. The standard InChI is InChI=1S/C8H14N2O4Si/c1-4-5-8(9-6-11,10-7-12)15(13-2)14-3/h15H,4-5H2,1-3H3. The molecular weight excluding hydrogens is 216 g/mol. The summed E-state index contributed by atoms with van der Waals surface area (Å²) >= 11 is 0. The van der Waals surface area contributed by atoms with Gasteiger partial charge in [0, 0.05) is 14.2 Å². The van der Waals surface area contributed by atoms with Gasteiger partial charge in [-0.25, -0.2) is 9.59 Å². The van der Waals surface area contributed by atoms with Crippen LogP contribution in [0.4, 0.5) is 0 Å². The molecule has 0 heterocycles. The van der Waals surface area contributed by atoms with E-state index in [1.165, 1.54) is 26.4 Å². The monoisotopic (exact) mass is 230 g/mol. The van der Waals surface area contributed by atoms with E-state index in [-0.39, 0.29) is 0 Å². The van der Waals surface area contributed by atoms with Gasteiger partial charge in [0.15, 0.2) is 0 Å². The first kappa shape index (κ1) is 13.9. The van der Waals surface area contributed by atoms with Crippen molar-refractivity contribution in [1.82, 2.24) is 0 Å². The van der Waals surface area contributed by atoms with E-state index in [2.05, 4.69) is 9.98 Å². The lowest BCUT2D eigenvalue weighted by atomic mass is 10.3. The highest BCUT2D eigenvalue weighted by Crippen LogP contribution is 2.23. The van der Waals surface area contributed by atoms with E-state index in [0.29, 0.717) is 12.8 Å². The zero-order valence-electron chi connectivity index (χ0n) is 9.02. The van der Waals surface area contributed by atoms with Crippen LogP contribution in [0.3, 0.4) is 0 Å². The van der Waals surface area contributed by atoms with Gasteiger partial charge in [0.05, 0.1) is 0 Å².